The number of nitrogens with two attached hydrogens (primary N) is 1. The van der Waals surface area contributed by atoms with E-state index in [9.17, 15) is 5.11 Å². The fraction of sp³-hybridized carbons (Fsp3) is 0.417. The zero-order valence-electron chi connectivity index (χ0n) is 10.2. The van der Waals surface area contributed by atoms with Crippen LogP contribution in [0.15, 0.2) is 18.2 Å². The predicted molar refractivity (Wildman–Crippen MR) is 75.0 cm³/mol. The van der Waals surface area contributed by atoms with E-state index in [4.69, 9.17) is 10.5 Å². The van der Waals surface area contributed by atoms with Crippen LogP contribution in [0.25, 0.3) is 10.2 Å². The smallest absolute Gasteiger partial charge is 0.184 e. The number of rotatable bonds is 6. The van der Waals surface area contributed by atoms with Crippen LogP contribution in [0.1, 0.15) is 6.42 Å². The molecule has 0 fully saturated rings. The SMILES string of the molecule is COCCC(CO)Nc1nc2ccc(N)cc2s1. The number of aliphatic hydroxyl groups excluding tert-OH is 1. The van der Waals surface area contributed by atoms with Gasteiger partial charge in [0.05, 0.1) is 22.9 Å². The third-order valence-corrected chi connectivity index (χ3v) is 3.58. The number of thiazole rings is 1. The van der Waals surface area contributed by atoms with Crippen LogP contribution in [-0.2, 0) is 4.74 Å². The first-order valence-electron chi connectivity index (χ1n) is 5.75. The van der Waals surface area contributed by atoms with Crippen molar-refractivity contribution in [2.24, 2.45) is 0 Å². The van der Waals surface area contributed by atoms with Gasteiger partial charge in [0.15, 0.2) is 5.13 Å². The van der Waals surface area contributed by atoms with Gasteiger partial charge >= 0.3 is 0 Å². The van der Waals surface area contributed by atoms with E-state index >= 15 is 0 Å². The number of aliphatic hydroxyl groups is 1. The number of nitrogens with one attached hydrogen (secondary N) is 1. The van der Waals surface area contributed by atoms with Gasteiger partial charge in [-0.05, 0) is 24.6 Å². The Balaban J connectivity index is 2.10. The Bertz CT molecular complexity index is 515. The van der Waals surface area contributed by atoms with Gasteiger partial charge in [-0.25, -0.2) is 4.98 Å². The Kier molecular flexibility index (Phi) is 4.35. The topological polar surface area (TPSA) is 80.4 Å². The highest BCUT2D eigenvalue weighted by Crippen LogP contribution is 2.28. The van der Waals surface area contributed by atoms with Gasteiger partial charge in [0.1, 0.15) is 0 Å². The molecule has 0 spiro atoms. The molecule has 0 aliphatic heterocycles. The molecule has 0 saturated heterocycles. The Morgan fingerprint density at radius 3 is 3.11 bits per heavy atom. The maximum atomic E-state index is 9.27. The van der Waals surface area contributed by atoms with Crippen molar-refractivity contribution in [2.45, 2.75) is 12.5 Å². The molecule has 1 atom stereocenters. The fourth-order valence-corrected chi connectivity index (χ4v) is 2.64. The molecule has 6 heteroatoms. The van der Waals surface area contributed by atoms with Crippen LogP contribution in [0.3, 0.4) is 0 Å². The summed E-state index contributed by atoms with van der Waals surface area (Å²) in [6, 6.07) is 5.60. The van der Waals surface area contributed by atoms with Gasteiger partial charge < -0.3 is 20.9 Å². The largest absolute Gasteiger partial charge is 0.399 e. The molecule has 2 aromatic rings. The summed E-state index contributed by atoms with van der Waals surface area (Å²) < 4.78 is 6.04. The Labute approximate surface area is 110 Å². The quantitative estimate of drug-likeness (QED) is 0.694. The monoisotopic (exact) mass is 267 g/mol. The lowest BCUT2D eigenvalue weighted by Gasteiger charge is -2.14. The van der Waals surface area contributed by atoms with Gasteiger partial charge in [0.25, 0.3) is 0 Å². The van der Waals surface area contributed by atoms with Gasteiger partial charge in [-0.1, -0.05) is 11.3 Å². The van der Waals surface area contributed by atoms with Gasteiger partial charge in [0.2, 0.25) is 0 Å². The van der Waals surface area contributed by atoms with Crippen molar-refractivity contribution in [2.75, 3.05) is 31.4 Å². The van der Waals surface area contributed by atoms with Crippen molar-refractivity contribution in [1.82, 2.24) is 4.98 Å². The van der Waals surface area contributed by atoms with Crippen molar-refractivity contribution in [3.8, 4) is 0 Å². The van der Waals surface area contributed by atoms with Crippen molar-refractivity contribution >= 4 is 32.4 Å². The minimum atomic E-state index is -0.0390. The molecule has 0 radical (unpaired) electrons. The molecule has 1 aromatic carbocycles. The standard InChI is InChI=1S/C12H17N3O2S/c1-17-5-4-9(7-16)14-12-15-10-3-2-8(13)6-11(10)18-12/h2-3,6,9,16H,4-5,7,13H2,1H3,(H,14,15). The number of methoxy groups -OCH3 is 1. The van der Waals surface area contributed by atoms with Crippen molar-refractivity contribution in [3.05, 3.63) is 18.2 Å². The minimum Gasteiger partial charge on any atom is -0.399 e. The molecule has 0 aliphatic rings. The second kappa shape index (κ2) is 5.99. The average molecular weight is 267 g/mol. The highest BCUT2D eigenvalue weighted by molar-refractivity contribution is 7.22. The lowest BCUT2D eigenvalue weighted by molar-refractivity contribution is 0.174. The molecule has 0 amide bonds. The van der Waals surface area contributed by atoms with Crippen LogP contribution in [0.4, 0.5) is 10.8 Å². The third-order valence-electron chi connectivity index (χ3n) is 2.63. The summed E-state index contributed by atoms with van der Waals surface area (Å²) >= 11 is 1.53. The van der Waals surface area contributed by atoms with E-state index in [0.29, 0.717) is 6.61 Å². The summed E-state index contributed by atoms with van der Waals surface area (Å²) in [6.45, 7) is 0.664. The molecule has 2 rings (SSSR count). The molecule has 4 N–H and O–H groups in total. The normalized spacial score (nSPS) is 12.8. The zero-order valence-corrected chi connectivity index (χ0v) is 11.0. The molecule has 0 bridgehead atoms. The number of anilines is 2. The highest BCUT2D eigenvalue weighted by Gasteiger charge is 2.10. The molecule has 5 nitrogen and oxygen atoms in total. The van der Waals surface area contributed by atoms with Crippen molar-refractivity contribution in [1.29, 1.82) is 0 Å². The van der Waals surface area contributed by atoms with Gasteiger partial charge in [0, 0.05) is 19.4 Å². The molecule has 0 aliphatic carbocycles. The molecule has 1 unspecified atom stereocenters. The molecule has 1 aromatic heterocycles. The summed E-state index contributed by atoms with van der Waals surface area (Å²) in [5.74, 6) is 0. The molecular weight excluding hydrogens is 250 g/mol. The van der Waals surface area contributed by atoms with Gasteiger partial charge in [-0.2, -0.15) is 0 Å². The second-order valence-corrected chi connectivity index (χ2v) is 5.08. The first-order chi connectivity index (χ1) is 8.72. The van der Waals surface area contributed by atoms with Gasteiger partial charge in [-0.15, -0.1) is 0 Å². The van der Waals surface area contributed by atoms with Crippen LogP contribution in [0.2, 0.25) is 0 Å². The van der Waals surface area contributed by atoms with Crippen LogP contribution < -0.4 is 11.1 Å². The predicted octanol–water partition coefficient (Wildman–Crippen LogP) is 1.69. The lowest BCUT2D eigenvalue weighted by atomic mass is 10.2. The van der Waals surface area contributed by atoms with Crippen LogP contribution >= 0.6 is 11.3 Å². The first-order valence-corrected chi connectivity index (χ1v) is 6.57. The molecular formula is C12H17N3O2S. The minimum absolute atomic E-state index is 0.0390. The number of ether oxygens (including phenoxy) is 1. The van der Waals surface area contributed by atoms with E-state index < -0.39 is 0 Å². The molecule has 98 valence electrons. The van der Waals surface area contributed by atoms with Crippen LogP contribution in [0.5, 0.6) is 0 Å². The van der Waals surface area contributed by atoms with E-state index in [1.165, 1.54) is 11.3 Å². The number of fused-ring (bicyclic) bond motifs is 1. The molecule has 18 heavy (non-hydrogen) atoms. The van der Waals surface area contributed by atoms with E-state index in [0.717, 1.165) is 27.5 Å². The van der Waals surface area contributed by atoms with Crippen LogP contribution in [-0.4, -0.2) is 36.5 Å². The van der Waals surface area contributed by atoms with Crippen molar-refractivity contribution in [3.63, 3.8) is 0 Å². The number of aromatic nitrogens is 1. The summed E-state index contributed by atoms with van der Waals surface area (Å²) in [5, 5.41) is 13.3. The second-order valence-electron chi connectivity index (χ2n) is 4.05. The van der Waals surface area contributed by atoms with E-state index in [1.807, 2.05) is 18.2 Å². The molecule has 1 heterocycles. The first kappa shape index (κ1) is 13.1. The Hall–Kier alpha value is -1.37. The Morgan fingerprint density at radius 1 is 1.56 bits per heavy atom. The maximum Gasteiger partial charge on any atom is 0.184 e. The summed E-state index contributed by atoms with van der Waals surface area (Å²) in [4.78, 5) is 4.45. The van der Waals surface area contributed by atoms with E-state index in [1.54, 1.807) is 7.11 Å². The van der Waals surface area contributed by atoms with E-state index in [-0.39, 0.29) is 12.6 Å². The number of hydrogen-bond donors (Lipinski definition) is 3. The fourth-order valence-electron chi connectivity index (χ4n) is 1.65. The number of nitrogen functional groups attached to an aromatic ring is 1. The number of hydrogen-bond acceptors (Lipinski definition) is 6. The maximum absolute atomic E-state index is 9.27. The third kappa shape index (κ3) is 3.10. The summed E-state index contributed by atoms with van der Waals surface area (Å²) in [7, 11) is 1.65. The zero-order chi connectivity index (χ0) is 13.0. The Morgan fingerprint density at radius 2 is 2.39 bits per heavy atom. The van der Waals surface area contributed by atoms with E-state index in [2.05, 4.69) is 10.3 Å². The van der Waals surface area contributed by atoms with Crippen molar-refractivity contribution < 1.29 is 9.84 Å². The lowest BCUT2D eigenvalue weighted by Crippen LogP contribution is -2.25. The molecule has 0 saturated carbocycles. The van der Waals surface area contributed by atoms with Gasteiger partial charge in [-0.3, -0.25) is 0 Å². The average Bonchev–Trinajstić information content (AvgIpc) is 2.75. The number of benzene rings is 1. The highest BCUT2D eigenvalue weighted by atomic mass is 32.1. The summed E-state index contributed by atoms with van der Waals surface area (Å²) in [6.07, 6.45) is 0.741. The summed E-state index contributed by atoms with van der Waals surface area (Å²) in [5.41, 5.74) is 7.38. The van der Waals surface area contributed by atoms with Crippen LogP contribution in [0, 0.1) is 0 Å². The number of nitrogens with zero attached hydrogens (tertiary/aromatic N) is 1.